The van der Waals surface area contributed by atoms with Crippen molar-refractivity contribution in [2.24, 2.45) is 0 Å². The Bertz CT molecular complexity index is 917. The number of amides is 1. The Morgan fingerprint density at radius 2 is 2.22 bits per heavy atom. The first-order chi connectivity index (χ1) is 11.0. The largest absolute Gasteiger partial charge is 0.325 e. The average Bonchev–Trinajstić information content (AvgIpc) is 2.96. The van der Waals surface area contributed by atoms with Crippen molar-refractivity contribution in [3.63, 3.8) is 0 Å². The monoisotopic (exact) mass is 345 g/mol. The maximum absolute atomic E-state index is 12.3. The third-order valence-electron chi connectivity index (χ3n) is 3.26. The number of aryl methyl sites for hydroxylation is 1. The molecule has 0 saturated carbocycles. The molecule has 3 rings (SSSR count). The number of hydrogen-bond acceptors (Lipinski definition) is 5. The molecule has 2 N–H and O–H groups in total. The Kier molecular flexibility index (Phi) is 4.49. The van der Waals surface area contributed by atoms with E-state index in [9.17, 15) is 9.59 Å². The van der Waals surface area contributed by atoms with Gasteiger partial charge >= 0.3 is 0 Å². The molecule has 1 amide bonds. The lowest BCUT2D eigenvalue weighted by Gasteiger charge is -2.11. The van der Waals surface area contributed by atoms with Crippen LogP contribution in [0.2, 0.25) is 0 Å². The van der Waals surface area contributed by atoms with Gasteiger partial charge in [0.2, 0.25) is 5.91 Å². The zero-order valence-electron chi connectivity index (χ0n) is 12.6. The Labute approximate surface area is 141 Å². The third kappa shape index (κ3) is 3.62. The minimum Gasteiger partial charge on any atom is -0.325 e. The van der Waals surface area contributed by atoms with E-state index in [1.165, 1.54) is 23.1 Å². The first-order valence-electron chi connectivity index (χ1n) is 7.04. The Morgan fingerprint density at radius 1 is 1.39 bits per heavy atom. The standard InChI is InChI=1S/C16H15N3O2S2/c1-9-4-3-5-11(8-9)17-13(20)10(2)23-16-18-14(21)12-6-7-22-15(12)19-16/h3-8,10H,1-2H3,(H,17,20)(H,18,19,21)/t10-/m0/s1. The van der Waals surface area contributed by atoms with Crippen LogP contribution in [-0.4, -0.2) is 21.1 Å². The molecule has 2 aromatic heterocycles. The minimum atomic E-state index is -0.379. The van der Waals surface area contributed by atoms with Gasteiger partial charge < -0.3 is 10.3 Å². The highest BCUT2D eigenvalue weighted by atomic mass is 32.2. The summed E-state index contributed by atoms with van der Waals surface area (Å²) >= 11 is 2.65. The van der Waals surface area contributed by atoms with E-state index in [0.717, 1.165) is 11.3 Å². The second kappa shape index (κ2) is 6.55. The number of aromatic amines is 1. The van der Waals surface area contributed by atoms with Crippen molar-refractivity contribution in [3.05, 3.63) is 51.6 Å². The number of nitrogens with zero attached hydrogens (tertiary/aromatic N) is 1. The molecule has 1 atom stereocenters. The van der Waals surface area contributed by atoms with E-state index < -0.39 is 0 Å². The molecule has 118 valence electrons. The van der Waals surface area contributed by atoms with E-state index in [0.29, 0.717) is 15.4 Å². The Morgan fingerprint density at radius 3 is 3.00 bits per heavy atom. The highest BCUT2D eigenvalue weighted by Crippen LogP contribution is 2.23. The number of rotatable bonds is 4. The number of fused-ring (bicyclic) bond motifs is 1. The van der Waals surface area contributed by atoms with Crippen molar-refractivity contribution in [2.45, 2.75) is 24.3 Å². The zero-order valence-corrected chi connectivity index (χ0v) is 14.3. The SMILES string of the molecule is Cc1cccc(NC(=O)[C@H](C)Sc2nc3sccc3c(=O)[nH]2)c1. The molecule has 0 saturated heterocycles. The summed E-state index contributed by atoms with van der Waals surface area (Å²) in [4.78, 5) is 32.0. The van der Waals surface area contributed by atoms with Gasteiger partial charge in [0.1, 0.15) is 4.83 Å². The average molecular weight is 345 g/mol. The van der Waals surface area contributed by atoms with Gasteiger partial charge in [0, 0.05) is 5.69 Å². The number of benzene rings is 1. The number of thioether (sulfide) groups is 1. The van der Waals surface area contributed by atoms with Gasteiger partial charge in [0.25, 0.3) is 5.56 Å². The third-order valence-corrected chi connectivity index (χ3v) is 5.05. The lowest BCUT2D eigenvalue weighted by molar-refractivity contribution is -0.115. The van der Waals surface area contributed by atoms with Gasteiger partial charge in [-0.25, -0.2) is 4.98 Å². The molecular formula is C16H15N3O2S2. The van der Waals surface area contributed by atoms with E-state index in [-0.39, 0.29) is 16.7 Å². The van der Waals surface area contributed by atoms with Crippen LogP contribution in [0.15, 0.2) is 45.7 Å². The first kappa shape index (κ1) is 15.8. The summed E-state index contributed by atoms with van der Waals surface area (Å²) in [5.74, 6) is -0.130. The van der Waals surface area contributed by atoms with Crippen LogP contribution in [0.4, 0.5) is 5.69 Å². The summed E-state index contributed by atoms with van der Waals surface area (Å²) in [6.07, 6.45) is 0. The van der Waals surface area contributed by atoms with Crippen molar-refractivity contribution in [1.29, 1.82) is 0 Å². The molecule has 2 heterocycles. The second-order valence-electron chi connectivity index (χ2n) is 5.13. The number of anilines is 1. The van der Waals surface area contributed by atoms with E-state index >= 15 is 0 Å². The van der Waals surface area contributed by atoms with Crippen LogP contribution in [-0.2, 0) is 4.79 Å². The molecule has 1 aromatic carbocycles. The van der Waals surface area contributed by atoms with Gasteiger partial charge in [-0.3, -0.25) is 9.59 Å². The van der Waals surface area contributed by atoms with Crippen LogP contribution >= 0.6 is 23.1 Å². The molecule has 0 aliphatic heterocycles. The number of hydrogen-bond donors (Lipinski definition) is 2. The van der Waals surface area contributed by atoms with E-state index in [1.54, 1.807) is 13.0 Å². The van der Waals surface area contributed by atoms with Crippen LogP contribution in [0.1, 0.15) is 12.5 Å². The molecule has 5 nitrogen and oxygen atoms in total. The van der Waals surface area contributed by atoms with Crippen molar-refractivity contribution >= 4 is 44.9 Å². The molecule has 0 aliphatic rings. The van der Waals surface area contributed by atoms with E-state index in [2.05, 4.69) is 15.3 Å². The van der Waals surface area contributed by atoms with E-state index in [1.807, 2.05) is 36.6 Å². The summed E-state index contributed by atoms with van der Waals surface area (Å²) in [5, 5.41) is 5.36. The fraction of sp³-hybridized carbons (Fsp3) is 0.188. The predicted molar refractivity (Wildman–Crippen MR) is 95.4 cm³/mol. The van der Waals surface area contributed by atoms with Crippen LogP contribution in [0.3, 0.4) is 0 Å². The molecular weight excluding hydrogens is 330 g/mol. The quantitative estimate of drug-likeness (QED) is 0.561. The predicted octanol–water partition coefficient (Wildman–Crippen LogP) is 3.41. The molecule has 0 aliphatic carbocycles. The van der Waals surface area contributed by atoms with Crippen molar-refractivity contribution in [2.75, 3.05) is 5.32 Å². The molecule has 0 bridgehead atoms. The smallest absolute Gasteiger partial charge is 0.260 e. The summed E-state index contributed by atoms with van der Waals surface area (Å²) in [7, 11) is 0. The lowest BCUT2D eigenvalue weighted by atomic mass is 10.2. The molecule has 23 heavy (non-hydrogen) atoms. The number of H-pyrrole nitrogens is 1. The fourth-order valence-electron chi connectivity index (χ4n) is 2.09. The number of thiophene rings is 1. The van der Waals surface area contributed by atoms with Crippen molar-refractivity contribution in [3.8, 4) is 0 Å². The van der Waals surface area contributed by atoms with E-state index in [4.69, 9.17) is 0 Å². The zero-order chi connectivity index (χ0) is 16.4. The highest BCUT2D eigenvalue weighted by Gasteiger charge is 2.17. The molecule has 7 heteroatoms. The summed E-state index contributed by atoms with van der Waals surface area (Å²) < 4.78 is 0. The summed E-state index contributed by atoms with van der Waals surface area (Å²) in [6.45, 7) is 3.76. The van der Waals surface area contributed by atoms with Crippen LogP contribution in [0.25, 0.3) is 10.2 Å². The first-order valence-corrected chi connectivity index (χ1v) is 8.80. The van der Waals surface area contributed by atoms with Gasteiger partial charge in [-0.1, -0.05) is 23.9 Å². The summed E-state index contributed by atoms with van der Waals surface area (Å²) in [6, 6.07) is 9.37. The summed E-state index contributed by atoms with van der Waals surface area (Å²) in [5.41, 5.74) is 1.67. The normalized spacial score (nSPS) is 12.3. The second-order valence-corrected chi connectivity index (χ2v) is 7.35. The van der Waals surface area contributed by atoms with Crippen LogP contribution in [0, 0.1) is 6.92 Å². The fourth-order valence-corrected chi connectivity index (χ4v) is 3.71. The van der Waals surface area contributed by atoms with Gasteiger partial charge in [0.05, 0.1) is 10.6 Å². The molecule has 0 radical (unpaired) electrons. The van der Waals surface area contributed by atoms with Gasteiger partial charge in [-0.15, -0.1) is 11.3 Å². The van der Waals surface area contributed by atoms with Gasteiger partial charge in [-0.2, -0.15) is 0 Å². The Balaban J connectivity index is 1.73. The number of carbonyl (C=O) groups is 1. The molecule has 0 fully saturated rings. The lowest BCUT2D eigenvalue weighted by Crippen LogP contribution is -2.23. The number of aromatic nitrogens is 2. The van der Waals surface area contributed by atoms with Crippen molar-refractivity contribution in [1.82, 2.24) is 9.97 Å². The Hall–Kier alpha value is -2.12. The molecule has 3 aromatic rings. The highest BCUT2D eigenvalue weighted by molar-refractivity contribution is 8.00. The van der Waals surface area contributed by atoms with Crippen LogP contribution in [0.5, 0.6) is 0 Å². The van der Waals surface area contributed by atoms with Gasteiger partial charge in [-0.05, 0) is 43.0 Å². The van der Waals surface area contributed by atoms with Gasteiger partial charge in [0.15, 0.2) is 5.16 Å². The topological polar surface area (TPSA) is 74.8 Å². The molecule has 0 spiro atoms. The minimum absolute atomic E-state index is 0.130. The van der Waals surface area contributed by atoms with Crippen LogP contribution < -0.4 is 10.9 Å². The number of nitrogens with one attached hydrogen (secondary N) is 2. The number of carbonyl (C=O) groups excluding carboxylic acids is 1. The molecule has 0 unspecified atom stereocenters. The maximum atomic E-state index is 12.3. The van der Waals surface area contributed by atoms with Crippen molar-refractivity contribution < 1.29 is 4.79 Å². The maximum Gasteiger partial charge on any atom is 0.260 e.